The predicted molar refractivity (Wildman–Crippen MR) is 69.4 cm³/mol. The highest BCUT2D eigenvalue weighted by molar-refractivity contribution is 6.30. The fraction of sp³-hybridized carbons (Fsp3) is 0.308. The molecule has 1 aliphatic rings. The van der Waals surface area contributed by atoms with E-state index in [4.69, 9.17) is 16.3 Å². The van der Waals surface area contributed by atoms with Crippen LogP contribution in [-0.2, 0) is 9.53 Å². The highest BCUT2D eigenvalue weighted by Crippen LogP contribution is 2.39. The van der Waals surface area contributed by atoms with Crippen LogP contribution >= 0.6 is 11.6 Å². The van der Waals surface area contributed by atoms with Crippen molar-refractivity contribution in [2.75, 3.05) is 0 Å². The lowest BCUT2D eigenvalue weighted by Gasteiger charge is -2.14. The maximum absolute atomic E-state index is 11.7. The first kappa shape index (κ1) is 13.5. The Kier molecular flexibility index (Phi) is 3.57. The van der Waals surface area contributed by atoms with Crippen molar-refractivity contribution < 1.29 is 14.5 Å². The average molecular weight is 282 g/mol. The summed E-state index contributed by atoms with van der Waals surface area (Å²) in [6.07, 6.45) is -1.26. The highest BCUT2D eigenvalue weighted by atomic mass is 35.5. The third-order valence-corrected chi connectivity index (χ3v) is 3.34. The molecule has 1 aromatic carbocycles. The standard InChI is InChI=1S/C13H12ClNO4/c1-7(16)11-8(2)19-13(15(17)18)12(11)9-3-5-10(14)6-4-9/h3-6,12-13H,1-2H3/t12-,13+/m0/s1. The first-order chi connectivity index (χ1) is 8.91. The quantitative estimate of drug-likeness (QED) is 0.631. The molecule has 1 aliphatic heterocycles. The molecule has 0 spiro atoms. The van der Waals surface area contributed by atoms with Gasteiger partial charge in [0, 0.05) is 5.02 Å². The fourth-order valence-corrected chi connectivity index (χ4v) is 2.43. The molecule has 1 aromatic rings. The van der Waals surface area contributed by atoms with E-state index in [1.165, 1.54) is 6.92 Å². The van der Waals surface area contributed by atoms with Crippen LogP contribution in [0.3, 0.4) is 0 Å². The summed E-state index contributed by atoms with van der Waals surface area (Å²) in [4.78, 5) is 22.3. The summed E-state index contributed by atoms with van der Waals surface area (Å²) in [6.45, 7) is 2.95. The SMILES string of the molecule is CC(=O)C1=C(C)O[C@@H]([N+](=O)[O-])[C@H]1c1ccc(Cl)cc1. The molecular formula is C13H12ClNO4. The third kappa shape index (κ3) is 2.46. The van der Waals surface area contributed by atoms with Gasteiger partial charge < -0.3 is 4.74 Å². The summed E-state index contributed by atoms with van der Waals surface area (Å²) in [5.74, 6) is -0.597. The third-order valence-electron chi connectivity index (χ3n) is 3.09. The molecule has 100 valence electrons. The minimum absolute atomic E-state index is 0.221. The van der Waals surface area contributed by atoms with Crippen molar-refractivity contribution >= 4 is 17.4 Å². The number of allylic oxidation sites excluding steroid dienone is 1. The first-order valence-electron chi connectivity index (χ1n) is 5.69. The van der Waals surface area contributed by atoms with Gasteiger partial charge in [-0.25, -0.2) is 0 Å². The Morgan fingerprint density at radius 2 is 1.95 bits per heavy atom. The van der Waals surface area contributed by atoms with Crippen molar-refractivity contribution in [2.24, 2.45) is 0 Å². The Balaban J connectivity index is 2.50. The van der Waals surface area contributed by atoms with Gasteiger partial charge >= 0.3 is 6.23 Å². The lowest BCUT2D eigenvalue weighted by Crippen LogP contribution is -2.27. The van der Waals surface area contributed by atoms with Crippen molar-refractivity contribution in [3.05, 3.63) is 56.3 Å². The number of rotatable bonds is 3. The number of ether oxygens (including phenoxy) is 1. The van der Waals surface area contributed by atoms with Crippen LogP contribution < -0.4 is 0 Å². The molecule has 0 fully saturated rings. The molecule has 5 nitrogen and oxygen atoms in total. The van der Waals surface area contributed by atoms with Gasteiger partial charge in [0.2, 0.25) is 0 Å². The summed E-state index contributed by atoms with van der Waals surface area (Å²) < 4.78 is 5.22. The van der Waals surface area contributed by atoms with Gasteiger partial charge in [0.05, 0.1) is 10.5 Å². The first-order valence-corrected chi connectivity index (χ1v) is 6.07. The van der Waals surface area contributed by atoms with Crippen LogP contribution in [0.25, 0.3) is 0 Å². The van der Waals surface area contributed by atoms with Crippen molar-refractivity contribution in [1.29, 1.82) is 0 Å². The van der Waals surface area contributed by atoms with Crippen molar-refractivity contribution in [3.63, 3.8) is 0 Å². The summed E-state index contributed by atoms with van der Waals surface area (Å²) >= 11 is 5.80. The second-order valence-electron chi connectivity index (χ2n) is 4.35. The number of Topliss-reactive ketones (excluding diaryl/α,β-unsaturated/α-hetero) is 1. The van der Waals surface area contributed by atoms with Crippen LogP contribution in [-0.4, -0.2) is 16.9 Å². The molecule has 2 atom stereocenters. The second-order valence-corrected chi connectivity index (χ2v) is 4.79. The van der Waals surface area contributed by atoms with Gasteiger partial charge in [0.1, 0.15) is 11.7 Å². The zero-order chi connectivity index (χ0) is 14.2. The molecule has 0 saturated carbocycles. The average Bonchev–Trinajstić information content (AvgIpc) is 2.68. The van der Waals surface area contributed by atoms with E-state index in [0.717, 1.165) is 0 Å². The number of halogens is 1. The molecule has 0 amide bonds. The second kappa shape index (κ2) is 5.01. The Labute approximate surface area is 115 Å². The molecule has 2 rings (SSSR count). The topological polar surface area (TPSA) is 69.4 Å². The van der Waals surface area contributed by atoms with E-state index in [1.807, 2.05) is 0 Å². The molecule has 0 N–H and O–H groups in total. The Morgan fingerprint density at radius 3 is 2.42 bits per heavy atom. The Bertz CT molecular complexity index is 565. The van der Waals surface area contributed by atoms with E-state index in [1.54, 1.807) is 31.2 Å². The van der Waals surface area contributed by atoms with Crippen LogP contribution in [0.2, 0.25) is 5.02 Å². The molecule has 0 aromatic heterocycles. The van der Waals surface area contributed by atoms with Crippen LogP contribution in [0.5, 0.6) is 0 Å². The number of carbonyl (C=O) groups excluding carboxylic acids is 1. The fourth-order valence-electron chi connectivity index (χ4n) is 2.31. The Hall–Kier alpha value is -1.88. The van der Waals surface area contributed by atoms with E-state index in [2.05, 4.69) is 0 Å². The highest BCUT2D eigenvalue weighted by Gasteiger charge is 2.45. The number of benzene rings is 1. The minimum Gasteiger partial charge on any atom is -0.434 e. The summed E-state index contributed by atoms with van der Waals surface area (Å²) in [5.41, 5.74) is 0.997. The van der Waals surface area contributed by atoms with Crippen LogP contribution in [0.1, 0.15) is 25.3 Å². The van der Waals surface area contributed by atoms with Gasteiger partial charge in [-0.05, 0) is 31.5 Å². The van der Waals surface area contributed by atoms with Crippen LogP contribution in [0, 0.1) is 10.1 Å². The molecule has 0 saturated heterocycles. The van der Waals surface area contributed by atoms with E-state index >= 15 is 0 Å². The predicted octanol–water partition coefficient (Wildman–Crippen LogP) is 2.92. The number of hydrogen-bond donors (Lipinski definition) is 0. The largest absolute Gasteiger partial charge is 0.434 e. The molecule has 1 heterocycles. The van der Waals surface area contributed by atoms with Gasteiger partial charge in [0.15, 0.2) is 5.78 Å². The Morgan fingerprint density at radius 1 is 1.37 bits per heavy atom. The number of carbonyl (C=O) groups is 1. The molecule has 0 unspecified atom stereocenters. The van der Waals surface area contributed by atoms with Crippen molar-refractivity contribution in [3.8, 4) is 0 Å². The van der Waals surface area contributed by atoms with Crippen LogP contribution in [0.15, 0.2) is 35.6 Å². The van der Waals surface area contributed by atoms with Gasteiger partial charge in [-0.3, -0.25) is 14.9 Å². The number of nitrogens with zero attached hydrogens (tertiary/aromatic N) is 1. The van der Waals surface area contributed by atoms with E-state index in [-0.39, 0.29) is 5.78 Å². The van der Waals surface area contributed by atoms with E-state index < -0.39 is 17.1 Å². The number of nitro groups is 1. The number of hydrogen-bond acceptors (Lipinski definition) is 4. The van der Waals surface area contributed by atoms with Gasteiger partial charge in [-0.1, -0.05) is 23.7 Å². The zero-order valence-electron chi connectivity index (χ0n) is 10.4. The minimum atomic E-state index is -1.26. The molecule has 0 bridgehead atoms. The van der Waals surface area contributed by atoms with E-state index in [9.17, 15) is 14.9 Å². The summed E-state index contributed by atoms with van der Waals surface area (Å²) in [7, 11) is 0. The smallest absolute Gasteiger partial charge is 0.364 e. The summed E-state index contributed by atoms with van der Waals surface area (Å²) in [6, 6.07) is 6.63. The molecule has 6 heteroatoms. The zero-order valence-corrected chi connectivity index (χ0v) is 11.2. The van der Waals surface area contributed by atoms with Crippen LogP contribution in [0.4, 0.5) is 0 Å². The normalized spacial score (nSPS) is 22.3. The van der Waals surface area contributed by atoms with Gasteiger partial charge in [0.25, 0.3) is 0 Å². The van der Waals surface area contributed by atoms with E-state index in [0.29, 0.717) is 21.9 Å². The lowest BCUT2D eigenvalue weighted by molar-refractivity contribution is -0.570. The molecule has 0 radical (unpaired) electrons. The summed E-state index contributed by atoms with van der Waals surface area (Å²) in [5, 5.41) is 11.6. The molecule has 19 heavy (non-hydrogen) atoms. The van der Waals surface area contributed by atoms with Gasteiger partial charge in [-0.2, -0.15) is 0 Å². The van der Waals surface area contributed by atoms with Gasteiger partial charge in [-0.15, -0.1) is 0 Å². The molecular weight excluding hydrogens is 270 g/mol. The molecule has 0 aliphatic carbocycles. The monoisotopic (exact) mass is 281 g/mol. The lowest BCUT2D eigenvalue weighted by atomic mass is 9.88. The van der Waals surface area contributed by atoms with Crippen molar-refractivity contribution in [2.45, 2.75) is 26.0 Å². The van der Waals surface area contributed by atoms with Crippen molar-refractivity contribution in [1.82, 2.24) is 0 Å². The number of ketones is 1. The maximum Gasteiger partial charge on any atom is 0.364 e. The maximum atomic E-state index is 11.7.